The van der Waals surface area contributed by atoms with Gasteiger partial charge < -0.3 is 4.90 Å². The summed E-state index contributed by atoms with van der Waals surface area (Å²) in [5.74, 6) is 1.11. The van der Waals surface area contributed by atoms with Gasteiger partial charge in [0.15, 0.2) is 0 Å². The fourth-order valence-electron chi connectivity index (χ4n) is 2.81. The van der Waals surface area contributed by atoms with Gasteiger partial charge in [0.1, 0.15) is 0 Å². The summed E-state index contributed by atoms with van der Waals surface area (Å²) in [6.07, 6.45) is 0. The van der Waals surface area contributed by atoms with Crippen LogP contribution in [0.5, 0.6) is 0 Å². The molecule has 0 radical (unpaired) electrons. The largest absolute Gasteiger partial charge is 0.304 e. The van der Waals surface area contributed by atoms with E-state index in [1.807, 2.05) is 11.9 Å². The SMILES string of the molecule is CCSn1c(CN2CCN(C)CC2)cc2ccccc21. The number of nitrogens with zero attached hydrogens (tertiary/aromatic N) is 3. The van der Waals surface area contributed by atoms with Gasteiger partial charge in [-0.2, -0.15) is 0 Å². The van der Waals surface area contributed by atoms with Crippen LogP contribution in [0.2, 0.25) is 0 Å². The molecule has 0 unspecified atom stereocenters. The highest BCUT2D eigenvalue weighted by molar-refractivity contribution is 7.97. The Balaban J connectivity index is 1.84. The molecule has 0 saturated carbocycles. The molecule has 20 heavy (non-hydrogen) atoms. The van der Waals surface area contributed by atoms with Crippen molar-refractivity contribution < 1.29 is 0 Å². The van der Waals surface area contributed by atoms with Crippen molar-refractivity contribution in [3.05, 3.63) is 36.0 Å². The first kappa shape index (κ1) is 14.0. The van der Waals surface area contributed by atoms with E-state index in [2.05, 4.69) is 58.1 Å². The Kier molecular flexibility index (Phi) is 4.34. The fraction of sp³-hybridized carbons (Fsp3) is 0.500. The van der Waals surface area contributed by atoms with Gasteiger partial charge in [-0.25, -0.2) is 0 Å². The lowest BCUT2D eigenvalue weighted by molar-refractivity contribution is 0.147. The maximum atomic E-state index is 2.57. The van der Waals surface area contributed by atoms with E-state index in [4.69, 9.17) is 0 Å². The summed E-state index contributed by atoms with van der Waals surface area (Å²) in [4.78, 5) is 4.98. The number of rotatable bonds is 4. The van der Waals surface area contributed by atoms with E-state index in [0.29, 0.717) is 0 Å². The third-order valence-corrected chi connectivity index (χ3v) is 4.93. The van der Waals surface area contributed by atoms with Crippen molar-refractivity contribution in [1.82, 2.24) is 13.8 Å². The number of fused-ring (bicyclic) bond motifs is 1. The van der Waals surface area contributed by atoms with E-state index in [-0.39, 0.29) is 0 Å². The average molecular weight is 289 g/mol. The molecule has 1 aromatic carbocycles. The molecular formula is C16H23N3S. The van der Waals surface area contributed by atoms with E-state index in [1.54, 1.807) is 0 Å². The molecule has 108 valence electrons. The third-order valence-electron chi connectivity index (χ3n) is 3.98. The van der Waals surface area contributed by atoms with Gasteiger partial charge in [-0.1, -0.05) is 25.1 Å². The number of aromatic nitrogens is 1. The summed E-state index contributed by atoms with van der Waals surface area (Å²) >= 11 is 1.91. The predicted octanol–water partition coefficient (Wildman–Crippen LogP) is 2.90. The van der Waals surface area contributed by atoms with Crippen LogP contribution in [0.15, 0.2) is 30.3 Å². The first-order valence-corrected chi connectivity index (χ1v) is 8.35. The minimum absolute atomic E-state index is 1.06. The zero-order valence-corrected chi connectivity index (χ0v) is 13.2. The molecule has 0 amide bonds. The van der Waals surface area contributed by atoms with E-state index in [0.717, 1.165) is 12.3 Å². The second-order valence-corrected chi connectivity index (χ2v) is 6.69. The summed E-state index contributed by atoms with van der Waals surface area (Å²) in [6.45, 7) is 8.00. The molecule has 0 atom stereocenters. The van der Waals surface area contributed by atoms with Crippen LogP contribution in [0.1, 0.15) is 12.6 Å². The molecule has 4 heteroatoms. The fourth-order valence-corrected chi connectivity index (χ4v) is 3.65. The zero-order chi connectivity index (χ0) is 13.9. The van der Waals surface area contributed by atoms with Crippen LogP contribution in [0, 0.1) is 0 Å². The summed E-state index contributed by atoms with van der Waals surface area (Å²) in [5.41, 5.74) is 2.78. The molecule has 1 fully saturated rings. The first-order chi connectivity index (χ1) is 9.78. The number of likely N-dealkylation sites (N-methyl/N-ethyl adjacent to an activating group) is 1. The van der Waals surface area contributed by atoms with Gasteiger partial charge in [-0.15, -0.1) is 0 Å². The molecule has 1 saturated heterocycles. The van der Waals surface area contributed by atoms with Crippen molar-refractivity contribution in [1.29, 1.82) is 0 Å². The molecular weight excluding hydrogens is 266 g/mol. The summed E-state index contributed by atoms with van der Waals surface area (Å²) in [7, 11) is 2.21. The summed E-state index contributed by atoms with van der Waals surface area (Å²) in [6, 6.07) is 11.1. The van der Waals surface area contributed by atoms with Gasteiger partial charge in [-0.3, -0.25) is 8.87 Å². The Morgan fingerprint density at radius 3 is 2.60 bits per heavy atom. The van der Waals surface area contributed by atoms with Crippen molar-refractivity contribution in [2.75, 3.05) is 39.0 Å². The number of para-hydroxylation sites is 1. The van der Waals surface area contributed by atoms with Gasteiger partial charge >= 0.3 is 0 Å². The standard InChI is InChI=1S/C16H23N3S/c1-3-20-19-15(12-14-6-4-5-7-16(14)19)13-18-10-8-17(2)9-11-18/h4-7,12H,3,8-11,13H2,1-2H3. The van der Waals surface area contributed by atoms with Crippen LogP contribution in [-0.2, 0) is 6.54 Å². The molecule has 3 rings (SSSR count). The molecule has 2 aromatic rings. The minimum atomic E-state index is 1.06. The monoisotopic (exact) mass is 289 g/mol. The number of benzene rings is 1. The maximum Gasteiger partial charge on any atom is 0.0595 e. The van der Waals surface area contributed by atoms with E-state index >= 15 is 0 Å². The lowest BCUT2D eigenvalue weighted by atomic mass is 10.2. The Bertz CT molecular complexity index is 570. The number of hydrogen-bond acceptors (Lipinski definition) is 3. The third kappa shape index (κ3) is 2.87. The Morgan fingerprint density at radius 2 is 1.85 bits per heavy atom. The van der Waals surface area contributed by atoms with Crippen LogP contribution in [-0.4, -0.2) is 52.8 Å². The van der Waals surface area contributed by atoms with Crippen molar-refractivity contribution in [2.24, 2.45) is 0 Å². The minimum Gasteiger partial charge on any atom is -0.304 e. The average Bonchev–Trinajstić information content (AvgIpc) is 2.80. The highest BCUT2D eigenvalue weighted by Gasteiger charge is 2.17. The maximum absolute atomic E-state index is 2.57. The van der Waals surface area contributed by atoms with Crippen molar-refractivity contribution >= 4 is 22.9 Å². The second-order valence-electron chi connectivity index (χ2n) is 5.49. The molecule has 0 N–H and O–H groups in total. The smallest absolute Gasteiger partial charge is 0.0595 e. The van der Waals surface area contributed by atoms with Crippen LogP contribution in [0.4, 0.5) is 0 Å². The molecule has 1 aromatic heterocycles. The van der Waals surface area contributed by atoms with Gasteiger partial charge in [0.2, 0.25) is 0 Å². The quantitative estimate of drug-likeness (QED) is 0.858. The van der Waals surface area contributed by atoms with E-state index in [9.17, 15) is 0 Å². The molecule has 0 bridgehead atoms. The van der Waals surface area contributed by atoms with Crippen molar-refractivity contribution in [3.8, 4) is 0 Å². The highest BCUT2D eigenvalue weighted by Crippen LogP contribution is 2.26. The van der Waals surface area contributed by atoms with Gasteiger partial charge in [0.25, 0.3) is 0 Å². The van der Waals surface area contributed by atoms with Crippen LogP contribution < -0.4 is 0 Å². The number of hydrogen-bond donors (Lipinski definition) is 0. The highest BCUT2D eigenvalue weighted by atomic mass is 32.2. The molecule has 0 spiro atoms. The van der Waals surface area contributed by atoms with E-state index < -0.39 is 0 Å². The molecule has 3 nitrogen and oxygen atoms in total. The van der Waals surface area contributed by atoms with Crippen LogP contribution >= 0.6 is 11.9 Å². The Labute approximate surface area is 125 Å². The van der Waals surface area contributed by atoms with Gasteiger partial charge in [0, 0.05) is 49.6 Å². The lowest BCUT2D eigenvalue weighted by Crippen LogP contribution is -2.44. The Morgan fingerprint density at radius 1 is 1.10 bits per heavy atom. The predicted molar refractivity (Wildman–Crippen MR) is 88.2 cm³/mol. The molecule has 0 aliphatic carbocycles. The second kappa shape index (κ2) is 6.20. The van der Waals surface area contributed by atoms with Crippen LogP contribution in [0.3, 0.4) is 0 Å². The molecule has 1 aliphatic heterocycles. The normalized spacial score (nSPS) is 17.9. The summed E-state index contributed by atoms with van der Waals surface area (Å²) < 4.78 is 2.42. The Hall–Kier alpha value is -0.970. The number of piperazine rings is 1. The van der Waals surface area contributed by atoms with Crippen LogP contribution in [0.25, 0.3) is 10.9 Å². The van der Waals surface area contributed by atoms with Crippen molar-refractivity contribution in [3.63, 3.8) is 0 Å². The lowest BCUT2D eigenvalue weighted by Gasteiger charge is -2.32. The van der Waals surface area contributed by atoms with Gasteiger partial charge in [0.05, 0.1) is 5.52 Å². The zero-order valence-electron chi connectivity index (χ0n) is 12.4. The summed E-state index contributed by atoms with van der Waals surface area (Å²) in [5, 5.41) is 1.36. The van der Waals surface area contributed by atoms with Gasteiger partial charge in [-0.05, 0) is 31.1 Å². The van der Waals surface area contributed by atoms with Crippen molar-refractivity contribution in [2.45, 2.75) is 13.5 Å². The molecule has 2 heterocycles. The molecule has 1 aliphatic rings. The van der Waals surface area contributed by atoms with E-state index in [1.165, 1.54) is 42.8 Å². The topological polar surface area (TPSA) is 11.4 Å². The first-order valence-electron chi connectivity index (χ1n) is 7.41.